The first kappa shape index (κ1) is 14.6. The van der Waals surface area contributed by atoms with Crippen LogP contribution in [0, 0.1) is 0 Å². The predicted molar refractivity (Wildman–Crippen MR) is 81.9 cm³/mol. The van der Waals surface area contributed by atoms with E-state index < -0.39 is 0 Å². The van der Waals surface area contributed by atoms with Crippen LogP contribution in [0.15, 0.2) is 0 Å². The Morgan fingerprint density at radius 1 is 1.33 bits per heavy atom. The van der Waals surface area contributed by atoms with Gasteiger partial charge in [-0.1, -0.05) is 12.8 Å². The van der Waals surface area contributed by atoms with Gasteiger partial charge >= 0.3 is 0 Å². The molecule has 0 saturated heterocycles. The second kappa shape index (κ2) is 6.60. The highest BCUT2D eigenvalue weighted by molar-refractivity contribution is 5.73. The molecule has 0 bridgehead atoms. The van der Waals surface area contributed by atoms with Crippen molar-refractivity contribution >= 4 is 5.91 Å². The van der Waals surface area contributed by atoms with Crippen LogP contribution in [0.1, 0.15) is 68.1 Å². The van der Waals surface area contributed by atoms with E-state index in [1.807, 2.05) is 0 Å². The highest BCUT2D eigenvalue weighted by atomic mass is 16.1. The fraction of sp³-hybridized carbons (Fsp3) is 0.750. The molecule has 3 rings (SSSR count). The molecule has 116 valence electrons. The molecule has 1 fully saturated rings. The number of aromatic nitrogens is 2. The number of nitrogens with zero attached hydrogens (tertiary/aromatic N) is 2. The van der Waals surface area contributed by atoms with E-state index in [1.165, 1.54) is 42.9 Å². The Morgan fingerprint density at radius 3 is 2.90 bits per heavy atom. The standard InChI is InChI=1S/C16H26N4O/c17-15(21)7-3-4-10-20-14-8-9-18-11-13(14)19-16(20)12-5-1-2-6-12/h12,18H,1-11H2,(H2,17,21). The van der Waals surface area contributed by atoms with Crippen LogP contribution in [0.4, 0.5) is 0 Å². The lowest BCUT2D eigenvalue weighted by Crippen LogP contribution is -2.25. The lowest BCUT2D eigenvalue weighted by atomic mass is 10.1. The number of carbonyl (C=O) groups is 1. The fourth-order valence-corrected chi connectivity index (χ4v) is 3.71. The second-order valence-electron chi connectivity index (χ2n) is 6.35. The Morgan fingerprint density at radius 2 is 2.14 bits per heavy atom. The molecule has 0 atom stereocenters. The number of nitrogens with one attached hydrogen (secondary N) is 1. The summed E-state index contributed by atoms with van der Waals surface area (Å²) in [5, 5.41) is 3.42. The molecule has 3 N–H and O–H groups in total. The van der Waals surface area contributed by atoms with E-state index in [2.05, 4.69) is 9.88 Å². The molecule has 2 heterocycles. The quantitative estimate of drug-likeness (QED) is 0.785. The summed E-state index contributed by atoms with van der Waals surface area (Å²) in [6, 6.07) is 0. The number of nitrogens with two attached hydrogens (primary N) is 1. The largest absolute Gasteiger partial charge is 0.370 e. The Labute approximate surface area is 126 Å². The number of rotatable bonds is 6. The van der Waals surface area contributed by atoms with Crippen LogP contribution in [0.2, 0.25) is 0 Å². The van der Waals surface area contributed by atoms with Crippen LogP contribution in [0.5, 0.6) is 0 Å². The number of carbonyl (C=O) groups excluding carboxylic acids is 1. The van der Waals surface area contributed by atoms with Gasteiger partial charge in [0.15, 0.2) is 0 Å². The number of unbranched alkanes of at least 4 members (excludes halogenated alkanes) is 1. The van der Waals surface area contributed by atoms with Gasteiger partial charge in [0.25, 0.3) is 0 Å². The van der Waals surface area contributed by atoms with Gasteiger partial charge in [-0.15, -0.1) is 0 Å². The molecular weight excluding hydrogens is 264 g/mol. The summed E-state index contributed by atoms with van der Waals surface area (Å²) in [6.45, 7) is 2.94. The Hall–Kier alpha value is -1.36. The minimum atomic E-state index is -0.192. The van der Waals surface area contributed by atoms with Crippen molar-refractivity contribution in [3.8, 4) is 0 Å². The van der Waals surface area contributed by atoms with Crippen molar-refractivity contribution in [3.05, 3.63) is 17.2 Å². The monoisotopic (exact) mass is 290 g/mol. The van der Waals surface area contributed by atoms with Gasteiger partial charge in [0, 0.05) is 44.1 Å². The number of hydrogen-bond acceptors (Lipinski definition) is 3. The highest BCUT2D eigenvalue weighted by Gasteiger charge is 2.26. The first-order valence-corrected chi connectivity index (χ1v) is 8.33. The molecule has 21 heavy (non-hydrogen) atoms. The van der Waals surface area contributed by atoms with E-state index in [0.717, 1.165) is 38.9 Å². The second-order valence-corrected chi connectivity index (χ2v) is 6.35. The van der Waals surface area contributed by atoms with Gasteiger partial charge in [-0.25, -0.2) is 4.98 Å². The van der Waals surface area contributed by atoms with Crippen LogP contribution >= 0.6 is 0 Å². The van der Waals surface area contributed by atoms with Crippen molar-refractivity contribution in [1.29, 1.82) is 0 Å². The number of fused-ring (bicyclic) bond motifs is 1. The summed E-state index contributed by atoms with van der Waals surface area (Å²) >= 11 is 0. The maximum Gasteiger partial charge on any atom is 0.217 e. The molecule has 1 aliphatic heterocycles. The van der Waals surface area contributed by atoms with Crippen LogP contribution in [-0.4, -0.2) is 22.0 Å². The molecule has 5 nitrogen and oxygen atoms in total. The third-order valence-corrected chi connectivity index (χ3v) is 4.79. The topological polar surface area (TPSA) is 72.9 Å². The summed E-state index contributed by atoms with van der Waals surface area (Å²) in [6.07, 6.45) is 8.70. The zero-order chi connectivity index (χ0) is 14.7. The van der Waals surface area contributed by atoms with Crippen molar-refractivity contribution in [3.63, 3.8) is 0 Å². The smallest absolute Gasteiger partial charge is 0.217 e. The van der Waals surface area contributed by atoms with Crippen LogP contribution in [0.25, 0.3) is 0 Å². The molecule has 0 spiro atoms. The first-order valence-electron chi connectivity index (χ1n) is 8.33. The fourth-order valence-electron chi connectivity index (χ4n) is 3.71. The van der Waals surface area contributed by atoms with Crippen molar-refractivity contribution in [2.75, 3.05) is 6.54 Å². The predicted octanol–water partition coefficient (Wildman–Crippen LogP) is 1.84. The van der Waals surface area contributed by atoms with E-state index in [-0.39, 0.29) is 5.91 Å². The van der Waals surface area contributed by atoms with Crippen LogP contribution < -0.4 is 11.1 Å². The minimum Gasteiger partial charge on any atom is -0.370 e. The lowest BCUT2D eigenvalue weighted by molar-refractivity contribution is -0.118. The third-order valence-electron chi connectivity index (χ3n) is 4.79. The average Bonchev–Trinajstić information content (AvgIpc) is 3.11. The maximum absolute atomic E-state index is 10.9. The summed E-state index contributed by atoms with van der Waals surface area (Å²) < 4.78 is 2.47. The van der Waals surface area contributed by atoms with Gasteiger partial charge < -0.3 is 15.6 Å². The van der Waals surface area contributed by atoms with E-state index in [9.17, 15) is 4.79 Å². The van der Waals surface area contributed by atoms with Crippen LogP contribution in [0.3, 0.4) is 0 Å². The van der Waals surface area contributed by atoms with Gasteiger partial charge in [-0.2, -0.15) is 0 Å². The Balaban J connectivity index is 1.75. The molecule has 1 aromatic heterocycles. The molecular formula is C16H26N4O. The molecule has 2 aliphatic rings. The SMILES string of the molecule is NC(=O)CCCCn1c(C2CCCC2)nc2c1CCNC2. The molecule has 0 radical (unpaired) electrons. The first-order chi connectivity index (χ1) is 10.3. The van der Waals surface area contributed by atoms with E-state index in [0.29, 0.717) is 12.3 Å². The molecule has 1 amide bonds. The minimum absolute atomic E-state index is 0.192. The molecule has 0 aromatic carbocycles. The van der Waals surface area contributed by atoms with Gasteiger partial charge in [-0.3, -0.25) is 4.79 Å². The van der Waals surface area contributed by atoms with Gasteiger partial charge in [0.2, 0.25) is 5.91 Å². The number of amides is 1. The van der Waals surface area contributed by atoms with E-state index >= 15 is 0 Å². The van der Waals surface area contributed by atoms with Crippen molar-refractivity contribution < 1.29 is 4.79 Å². The van der Waals surface area contributed by atoms with Crippen LogP contribution in [-0.2, 0) is 24.3 Å². The summed E-state index contributed by atoms with van der Waals surface area (Å²) in [5.41, 5.74) is 7.90. The summed E-state index contributed by atoms with van der Waals surface area (Å²) in [7, 11) is 0. The zero-order valence-electron chi connectivity index (χ0n) is 12.7. The van der Waals surface area contributed by atoms with Crippen molar-refractivity contribution in [2.24, 2.45) is 5.73 Å². The maximum atomic E-state index is 10.9. The van der Waals surface area contributed by atoms with E-state index in [4.69, 9.17) is 10.7 Å². The lowest BCUT2D eigenvalue weighted by Gasteiger charge is -2.17. The van der Waals surface area contributed by atoms with E-state index in [1.54, 1.807) is 0 Å². The number of imidazole rings is 1. The van der Waals surface area contributed by atoms with Gasteiger partial charge in [0.05, 0.1) is 5.69 Å². The molecule has 1 aromatic rings. The molecule has 1 saturated carbocycles. The highest BCUT2D eigenvalue weighted by Crippen LogP contribution is 2.35. The Bertz CT molecular complexity index is 503. The zero-order valence-corrected chi connectivity index (χ0v) is 12.7. The number of primary amides is 1. The molecule has 1 aliphatic carbocycles. The molecule has 0 unspecified atom stereocenters. The van der Waals surface area contributed by atoms with Crippen molar-refractivity contribution in [1.82, 2.24) is 14.9 Å². The summed E-state index contributed by atoms with van der Waals surface area (Å²) in [5.74, 6) is 1.76. The molecule has 5 heteroatoms. The number of hydrogen-bond donors (Lipinski definition) is 2. The van der Waals surface area contributed by atoms with Gasteiger partial charge in [0.1, 0.15) is 5.82 Å². The average molecular weight is 290 g/mol. The third kappa shape index (κ3) is 3.28. The van der Waals surface area contributed by atoms with Gasteiger partial charge in [-0.05, 0) is 25.7 Å². The van der Waals surface area contributed by atoms with Crippen molar-refractivity contribution in [2.45, 2.75) is 70.4 Å². The summed E-state index contributed by atoms with van der Waals surface area (Å²) in [4.78, 5) is 15.8. The Kier molecular flexibility index (Phi) is 4.58. The normalized spacial score (nSPS) is 18.9.